The fourth-order valence-corrected chi connectivity index (χ4v) is 3.62. The SMILES string of the molecule is COc1cc(/C=C2/SC(=O)N(CC(=O)Nc3ccc(F)cc3)C2=O)ccc1O[C@@H](C)C(=O)O. The number of thioether (sulfide) groups is 1. The molecule has 1 aliphatic rings. The Bertz CT molecular complexity index is 1130. The Morgan fingerprint density at radius 1 is 1.18 bits per heavy atom. The van der Waals surface area contributed by atoms with Crippen molar-refractivity contribution in [2.75, 3.05) is 19.0 Å². The Morgan fingerprint density at radius 3 is 2.52 bits per heavy atom. The first-order chi connectivity index (χ1) is 15.7. The Hall–Kier alpha value is -3.86. The number of carboxylic acids is 1. The Morgan fingerprint density at radius 2 is 1.88 bits per heavy atom. The van der Waals surface area contributed by atoms with Gasteiger partial charge in [-0.05, 0) is 66.7 Å². The molecule has 1 saturated heterocycles. The molecule has 0 bridgehead atoms. The van der Waals surface area contributed by atoms with Crippen LogP contribution < -0.4 is 14.8 Å². The predicted molar refractivity (Wildman–Crippen MR) is 118 cm³/mol. The number of amides is 3. The number of aliphatic carboxylic acids is 1. The minimum absolute atomic E-state index is 0.101. The van der Waals surface area contributed by atoms with Crippen LogP contribution in [0, 0.1) is 5.82 Å². The highest BCUT2D eigenvalue weighted by Crippen LogP contribution is 2.34. The van der Waals surface area contributed by atoms with Crippen LogP contribution in [0.1, 0.15) is 12.5 Å². The van der Waals surface area contributed by atoms with Gasteiger partial charge in [-0.2, -0.15) is 0 Å². The third-order valence-electron chi connectivity index (χ3n) is 4.44. The monoisotopic (exact) mass is 474 g/mol. The topological polar surface area (TPSA) is 122 Å². The van der Waals surface area contributed by atoms with E-state index in [0.717, 1.165) is 4.90 Å². The number of benzene rings is 2. The van der Waals surface area contributed by atoms with E-state index in [0.29, 0.717) is 23.0 Å². The number of halogens is 1. The molecule has 2 N–H and O–H groups in total. The van der Waals surface area contributed by atoms with Gasteiger partial charge >= 0.3 is 5.97 Å². The Labute approximate surface area is 192 Å². The molecule has 0 spiro atoms. The lowest BCUT2D eigenvalue weighted by Crippen LogP contribution is -2.36. The van der Waals surface area contributed by atoms with Crippen molar-refractivity contribution < 1.29 is 38.1 Å². The summed E-state index contributed by atoms with van der Waals surface area (Å²) in [7, 11) is 1.38. The van der Waals surface area contributed by atoms with Crippen molar-refractivity contribution in [3.63, 3.8) is 0 Å². The van der Waals surface area contributed by atoms with Crippen LogP contribution in [0.5, 0.6) is 11.5 Å². The van der Waals surface area contributed by atoms with Crippen molar-refractivity contribution in [2.24, 2.45) is 0 Å². The van der Waals surface area contributed by atoms with Crippen LogP contribution in [-0.4, -0.2) is 52.8 Å². The summed E-state index contributed by atoms with van der Waals surface area (Å²) in [6, 6.07) is 9.65. The number of carbonyl (C=O) groups excluding carboxylic acids is 3. The molecule has 1 fully saturated rings. The molecule has 3 amide bonds. The maximum Gasteiger partial charge on any atom is 0.344 e. The first-order valence-electron chi connectivity index (χ1n) is 9.56. The molecule has 2 aromatic carbocycles. The number of hydrogen-bond donors (Lipinski definition) is 2. The second kappa shape index (κ2) is 10.2. The van der Waals surface area contributed by atoms with Gasteiger partial charge in [-0.3, -0.25) is 19.3 Å². The van der Waals surface area contributed by atoms with E-state index in [2.05, 4.69) is 5.32 Å². The van der Waals surface area contributed by atoms with Gasteiger partial charge in [0.1, 0.15) is 12.4 Å². The van der Waals surface area contributed by atoms with Crippen LogP contribution in [-0.2, 0) is 14.4 Å². The van der Waals surface area contributed by atoms with Gasteiger partial charge in [-0.25, -0.2) is 9.18 Å². The van der Waals surface area contributed by atoms with Gasteiger partial charge in [-0.1, -0.05) is 6.07 Å². The van der Waals surface area contributed by atoms with Gasteiger partial charge in [0.15, 0.2) is 17.6 Å². The van der Waals surface area contributed by atoms with Gasteiger partial charge in [0.25, 0.3) is 11.1 Å². The van der Waals surface area contributed by atoms with Crippen LogP contribution in [0.25, 0.3) is 6.08 Å². The molecule has 172 valence electrons. The number of ether oxygens (including phenoxy) is 2. The molecule has 2 aromatic rings. The zero-order chi connectivity index (χ0) is 24.1. The van der Waals surface area contributed by atoms with Gasteiger partial charge in [0.2, 0.25) is 5.91 Å². The number of nitrogens with one attached hydrogen (secondary N) is 1. The van der Waals surface area contributed by atoms with Crippen molar-refractivity contribution in [2.45, 2.75) is 13.0 Å². The summed E-state index contributed by atoms with van der Waals surface area (Å²) in [5.41, 5.74) is 0.832. The largest absolute Gasteiger partial charge is 0.493 e. The second-order valence-electron chi connectivity index (χ2n) is 6.83. The van der Waals surface area contributed by atoms with Crippen LogP contribution in [0.4, 0.5) is 14.9 Å². The molecule has 0 saturated carbocycles. The average Bonchev–Trinajstić information content (AvgIpc) is 3.03. The van der Waals surface area contributed by atoms with Crippen LogP contribution in [0.2, 0.25) is 0 Å². The molecule has 1 aliphatic heterocycles. The lowest BCUT2D eigenvalue weighted by Gasteiger charge is -2.14. The van der Waals surface area contributed by atoms with Crippen molar-refractivity contribution in [3.05, 3.63) is 58.8 Å². The highest BCUT2D eigenvalue weighted by molar-refractivity contribution is 8.18. The molecular weight excluding hydrogens is 455 g/mol. The summed E-state index contributed by atoms with van der Waals surface area (Å²) in [6.45, 7) is 0.875. The van der Waals surface area contributed by atoms with Gasteiger partial charge in [0, 0.05) is 5.69 Å². The number of imide groups is 1. The number of carboxylic acid groups (broad SMARTS) is 1. The predicted octanol–water partition coefficient (Wildman–Crippen LogP) is 3.36. The average molecular weight is 474 g/mol. The fraction of sp³-hybridized carbons (Fsp3) is 0.182. The summed E-state index contributed by atoms with van der Waals surface area (Å²) in [4.78, 5) is 49.1. The van der Waals surface area contributed by atoms with Crippen LogP contribution in [0.3, 0.4) is 0 Å². The molecule has 3 rings (SSSR count). The standard InChI is InChI=1S/C22H19FN2O7S/c1-12(21(28)29)32-16-8-3-13(9-17(16)31-2)10-18-20(27)25(22(30)33-18)11-19(26)24-15-6-4-14(23)5-7-15/h3-10,12H,11H2,1-2H3,(H,24,26)(H,28,29)/b18-10+/t12-/m0/s1. The van der Waals surface area contributed by atoms with Crippen LogP contribution in [0.15, 0.2) is 47.4 Å². The number of rotatable bonds is 8. The maximum atomic E-state index is 13.0. The summed E-state index contributed by atoms with van der Waals surface area (Å²) < 4.78 is 23.5. The number of hydrogen-bond acceptors (Lipinski definition) is 7. The summed E-state index contributed by atoms with van der Waals surface area (Å²) in [5.74, 6) is -2.40. The first-order valence-corrected chi connectivity index (χ1v) is 10.4. The van der Waals surface area contributed by atoms with E-state index in [1.807, 2.05) is 0 Å². The first kappa shape index (κ1) is 23.8. The van der Waals surface area contributed by atoms with E-state index in [1.54, 1.807) is 6.07 Å². The summed E-state index contributed by atoms with van der Waals surface area (Å²) in [5, 5.41) is 10.9. The van der Waals surface area contributed by atoms with E-state index >= 15 is 0 Å². The number of carbonyl (C=O) groups is 4. The molecule has 0 aromatic heterocycles. The smallest absolute Gasteiger partial charge is 0.344 e. The number of methoxy groups -OCH3 is 1. The zero-order valence-corrected chi connectivity index (χ0v) is 18.3. The van der Waals surface area contributed by atoms with Gasteiger partial charge in [-0.15, -0.1) is 0 Å². The second-order valence-corrected chi connectivity index (χ2v) is 7.82. The minimum atomic E-state index is -1.14. The third kappa shape index (κ3) is 5.89. The van der Waals surface area contributed by atoms with E-state index < -0.39 is 41.5 Å². The molecule has 1 heterocycles. The quantitative estimate of drug-likeness (QED) is 0.559. The molecule has 1 atom stereocenters. The number of anilines is 1. The number of nitrogens with zero attached hydrogens (tertiary/aromatic N) is 1. The van der Waals surface area contributed by atoms with E-state index in [9.17, 15) is 23.6 Å². The highest BCUT2D eigenvalue weighted by Gasteiger charge is 2.36. The van der Waals surface area contributed by atoms with E-state index in [1.165, 1.54) is 56.5 Å². The molecule has 0 radical (unpaired) electrons. The van der Waals surface area contributed by atoms with E-state index in [4.69, 9.17) is 14.6 Å². The van der Waals surface area contributed by atoms with Crippen molar-refractivity contribution in [1.82, 2.24) is 4.90 Å². The third-order valence-corrected chi connectivity index (χ3v) is 5.35. The lowest BCUT2D eigenvalue weighted by atomic mass is 10.2. The minimum Gasteiger partial charge on any atom is -0.493 e. The summed E-state index contributed by atoms with van der Waals surface area (Å²) >= 11 is 0.678. The van der Waals surface area contributed by atoms with Gasteiger partial charge < -0.3 is 19.9 Å². The van der Waals surface area contributed by atoms with Crippen molar-refractivity contribution in [1.29, 1.82) is 0 Å². The molecule has 0 aliphatic carbocycles. The van der Waals surface area contributed by atoms with Crippen LogP contribution >= 0.6 is 11.8 Å². The van der Waals surface area contributed by atoms with Gasteiger partial charge in [0.05, 0.1) is 12.0 Å². The molecule has 9 nitrogen and oxygen atoms in total. The fourth-order valence-electron chi connectivity index (χ4n) is 2.78. The molecular formula is C22H19FN2O7S. The Balaban J connectivity index is 1.71. The highest BCUT2D eigenvalue weighted by atomic mass is 32.2. The maximum absolute atomic E-state index is 13.0. The normalized spacial score (nSPS) is 15.5. The van der Waals surface area contributed by atoms with E-state index in [-0.39, 0.29) is 16.4 Å². The molecule has 11 heteroatoms. The Kier molecular flexibility index (Phi) is 7.34. The molecule has 33 heavy (non-hydrogen) atoms. The zero-order valence-electron chi connectivity index (χ0n) is 17.5. The molecule has 0 unspecified atom stereocenters. The summed E-state index contributed by atoms with van der Waals surface area (Å²) in [6.07, 6.45) is 0.359. The van der Waals surface area contributed by atoms with Crippen molar-refractivity contribution >= 4 is 46.5 Å². The lowest BCUT2D eigenvalue weighted by molar-refractivity contribution is -0.144. The van der Waals surface area contributed by atoms with Crippen molar-refractivity contribution in [3.8, 4) is 11.5 Å².